The molecule has 1 saturated heterocycles. The van der Waals surface area contributed by atoms with Gasteiger partial charge in [-0.3, -0.25) is 23.5 Å². The molecule has 1 aliphatic rings. The van der Waals surface area contributed by atoms with E-state index in [1.807, 2.05) is 0 Å². The van der Waals surface area contributed by atoms with Gasteiger partial charge < -0.3 is 14.4 Å². The van der Waals surface area contributed by atoms with Crippen LogP contribution in [0.5, 0.6) is 0 Å². The van der Waals surface area contributed by atoms with Gasteiger partial charge in [-0.05, 0) is 24.6 Å². The number of fused-ring (bicyclic) bond motifs is 1. The van der Waals surface area contributed by atoms with E-state index in [0.717, 1.165) is 10.6 Å². The maximum Gasteiger partial charge on any atom is 0.332 e. The van der Waals surface area contributed by atoms with Crippen molar-refractivity contribution in [2.75, 3.05) is 26.2 Å². The van der Waals surface area contributed by atoms with Gasteiger partial charge in [0.1, 0.15) is 5.82 Å². The van der Waals surface area contributed by atoms with Crippen molar-refractivity contribution in [3.05, 3.63) is 61.8 Å². The Morgan fingerprint density at radius 2 is 1.74 bits per heavy atom. The number of rotatable bonds is 5. The summed E-state index contributed by atoms with van der Waals surface area (Å²) >= 11 is 6.00. The first-order chi connectivity index (χ1) is 16.2. The van der Waals surface area contributed by atoms with E-state index in [0.29, 0.717) is 50.3 Å². The first kappa shape index (κ1) is 23.7. The van der Waals surface area contributed by atoms with Gasteiger partial charge in [0.2, 0.25) is 5.91 Å². The van der Waals surface area contributed by atoms with Crippen molar-refractivity contribution in [3.63, 3.8) is 0 Å². The average molecular weight is 491 g/mol. The molecule has 2 aromatic heterocycles. The van der Waals surface area contributed by atoms with Gasteiger partial charge in [-0.1, -0.05) is 11.6 Å². The normalized spacial score (nSPS) is 14.1. The lowest BCUT2D eigenvalue weighted by Crippen LogP contribution is -2.50. The van der Waals surface area contributed by atoms with Crippen LogP contribution in [-0.4, -0.2) is 66.5 Å². The number of nitrogens with zero attached hydrogens (tertiary/aromatic N) is 6. The predicted molar refractivity (Wildman–Crippen MR) is 123 cm³/mol. The Morgan fingerprint density at radius 3 is 2.41 bits per heavy atom. The second-order valence-electron chi connectivity index (χ2n) is 8.22. The smallest absolute Gasteiger partial charge is 0.332 e. The van der Waals surface area contributed by atoms with Gasteiger partial charge in [0.05, 0.1) is 16.9 Å². The predicted octanol–water partition coefficient (Wildman–Crippen LogP) is 0.991. The molecule has 10 nitrogen and oxygen atoms in total. The van der Waals surface area contributed by atoms with Gasteiger partial charge in [0.15, 0.2) is 11.2 Å². The Morgan fingerprint density at radius 1 is 1.06 bits per heavy atom. The minimum atomic E-state index is -0.509. The third-order valence-electron chi connectivity index (χ3n) is 6.09. The second kappa shape index (κ2) is 9.41. The number of amides is 2. The number of hydrogen-bond donors (Lipinski definition) is 0. The van der Waals surface area contributed by atoms with Crippen LogP contribution in [0.3, 0.4) is 0 Å². The zero-order chi connectivity index (χ0) is 24.6. The fraction of sp³-hybridized carbons (Fsp3) is 0.409. The molecule has 4 rings (SSSR count). The quantitative estimate of drug-likeness (QED) is 0.530. The van der Waals surface area contributed by atoms with E-state index in [4.69, 9.17) is 11.6 Å². The molecule has 0 N–H and O–H groups in total. The summed E-state index contributed by atoms with van der Waals surface area (Å²) in [7, 11) is 2.97. The molecular formula is C22H24ClFN6O4. The number of carbonyl (C=O) groups excluding carboxylic acids is 2. The van der Waals surface area contributed by atoms with E-state index >= 15 is 0 Å². The van der Waals surface area contributed by atoms with Crippen LogP contribution in [0.2, 0.25) is 5.02 Å². The van der Waals surface area contributed by atoms with Crippen LogP contribution in [0.4, 0.5) is 4.39 Å². The summed E-state index contributed by atoms with van der Waals surface area (Å²) in [5.41, 5.74) is -0.00891. The van der Waals surface area contributed by atoms with Crippen molar-refractivity contribution in [1.29, 1.82) is 0 Å². The fourth-order valence-corrected chi connectivity index (χ4v) is 4.37. The highest BCUT2D eigenvalue weighted by molar-refractivity contribution is 6.33. The van der Waals surface area contributed by atoms with Crippen molar-refractivity contribution in [2.24, 2.45) is 14.1 Å². The summed E-state index contributed by atoms with van der Waals surface area (Å²) in [6, 6.07) is 3.66. The summed E-state index contributed by atoms with van der Waals surface area (Å²) in [5, 5.41) is 0.0606. The second-order valence-corrected chi connectivity index (χ2v) is 8.62. The summed E-state index contributed by atoms with van der Waals surface area (Å²) in [4.78, 5) is 57.4. The number of benzene rings is 1. The molecule has 0 bridgehead atoms. The van der Waals surface area contributed by atoms with Crippen LogP contribution < -0.4 is 11.2 Å². The molecule has 0 atom stereocenters. The van der Waals surface area contributed by atoms with E-state index in [1.54, 1.807) is 21.4 Å². The van der Waals surface area contributed by atoms with Crippen molar-refractivity contribution < 1.29 is 14.0 Å². The molecule has 1 aromatic carbocycles. The van der Waals surface area contributed by atoms with E-state index in [-0.39, 0.29) is 28.8 Å². The third-order valence-corrected chi connectivity index (χ3v) is 6.40. The van der Waals surface area contributed by atoms with Gasteiger partial charge in [0.25, 0.3) is 11.5 Å². The molecular weight excluding hydrogens is 467 g/mol. The molecule has 1 fully saturated rings. The molecule has 0 saturated carbocycles. The average Bonchev–Trinajstić information content (AvgIpc) is 3.25. The number of piperazine rings is 1. The highest BCUT2D eigenvalue weighted by Gasteiger charge is 2.26. The number of aryl methyl sites for hydroxylation is 2. The van der Waals surface area contributed by atoms with Crippen LogP contribution in [0.25, 0.3) is 11.2 Å². The van der Waals surface area contributed by atoms with Gasteiger partial charge in [-0.15, -0.1) is 0 Å². The minimum absolute atomic E-state index is 0.0448. The van der Waals surface area contributed by atoms with E-state index in [2.05, 4.69) is 4.98 Å². The van der Waals surface area contributed by atoms with E-state index in [9.17, 15) is 23.6 Å². The highest BCUT2D eigenvalue weighted by Crippen LogP contribution is 2.20. The number of hydrogen-bond acceptors (Lipinski definition) is 5. The van der Waals surface area contributed by atoms with Crippen LogP contribution in [0, 0.1) is 5.82 Å². The Bertz CT molecular complexity index is 1390. The summed E-state index contributed by atoms with van der Waals surface area (Å²) in [6.07, 6.45) is 2.26. The van der Waals surface area contributed by atoms with Crippen LogP contribution in [0.1, 0.15) is 23.2 Å². The van der Waals surface area contributed by atoms with Crippen molar-refractivity contribution in [3.8, 4) is 0 Å². The Balaban J connectivity index is 1.33. The third kappa shape index (κ3) is 4.35. The first-order valence-electron chi connectivity index (χ1n) is 10.8. The highest BCUT2D eigenvalue weighted by atomic mass is 35.5. The molecule has 34 heavy (non-hydrogen) atoms. The summed E-state index contributed by atoms with van der Waals surface area (Å²) in [5.74, 6) is -0.846. The van der Waals surface area contributed by atoms with Gasteiger partial charge in [-0.2, -0.15) is 0 Å². The van der Waals surface area contributed by atoms with E-state index in [1.165, 1.54) is 30.1 Å². The maximum absolute atomic E-state index is 13.2. The molecule has 0 aliphatic carbocycles. The van der Waals surface area contributed by atoms with E-state index < -0.39 is 17.1 Å². The van der Waals surface area contributed by atoms with Gasteiger partial charge in [0, 0.05) is 53.2 Å². The van der Waals surface area contributed by atoms with Crippen molar-refractivity contribution in [1.82, 2.24) is 28.5 Å². The zero-order valence-corrected chi connectivity index (χ0v) is 19.6. The Hall–Kier alpha value is -3.47. The summed E-state index contributed by atoms with van der Waals surface area (Å²) in [6.45, 7) is 1.89. The standard InChI is InChI=1S/C22H24ClFN6O4/c1-26-19-18(21(33)27(2)22(26)34)30(13-25-19)7-3-4-17(31)28-8-10-29(11-9-28)20(32)15-6-5-14(24)12-16(15)23/h5-6,12-13H,3-4,7-11H2,1-2H3. The number of halogens is 2. The molecule has 0 unspecified atom stereocenters. The molecule has 0 radical (unpaired) electrons. The lowest BCUT2D eigenvalue weighted by molar-refractivity contribution is -0.132. The molecule has 180 valence electrons. The monoisotopic (exact) mass is 490 g/mol. The number of aromatic nitrogens is 4. The van der Waals surface area contributed by atoms with Crippen LogP contribution in [-0.2, 0) is 25.4 Å². The van der Waals surface area contributed by atoms with Crippen LogP contribution in [0.15, 0.2) is 34.1 Å². The lowest BCUT2D eigenvalue weighted by atomic mass is 10.1. The van der Waals surface area contributed by atoms with Gasteiger partial charge >= 0.3 is 5.69 Å². The Labute approximate surface area is 198 Å². The van der Waals surface area contributed by atoms with Crippen molar-refractivity contribution in [2.45, 2.75) is 19.4 Å². The molecule has 2 amide bonds. The summed E-state index contributed by atoms with van der Waals surface area (Å²) < 4.78 is 17.3. The topological polar surface area (TPSA) is 102 Å². The molecule has 0 spiro atoms. The zero-order valence-electron chi connectivity index (χ0n) is 18.8. The molecule has 3 aromatic rings. The number of imidazole rings is 1. The number of carbonyl (C=O) groups is 2. The van der Waals surface area contributed by atoms with Gasteiger partial charge in [-0.25, -0.2) is 14.2 Å². The first-order valence-corrected chi connectivity index (χ1v) is 11.2. The molecule has 1 aliphatic heterocycles. The molecule has 12 heteroatoms. The van der Waals surface area contributed by atoms with Crippen molar-refractivity contribution >= 4 is 34.6 Å². The SMILES string of the molecule is Cn1c(=O)c2c(ncn2CCCC(=O)N2CCN(C(=O)c3ccc(F)cc3Cl)CC2)n(C)c1=O. The molecule has 3 heterocycles. The minimum Gasteiger partial charge on any atom is -0.339 e. The lowest BCUT2D eigenvalue weighted by Gasteiger charge is -2.35. The Kier molecular flexibility index (Phi) is 6.56. The largest absolute Gasteiger partial charge is 0.339 e. The van der Waals surface area contributed by atoms with Crippen LogP contribution >= 0.6 is 11.6 Å². The fourth-order valence-electron chi connectivity index (χ4n) is 4.12. The maximum atomic E-state index is 13.2.